The van der Waals surface area contributed by atoms with E-state index >= 15 is 0 Å². The molecule has 112 valence electrons. The van der Waals surface area contributed by atoms with Gasteiger partial charge in [-0.05, 0) is 33.8 Å². The molecular formula is C13H21N3O3S. The fourth-order valence-electron chi connectivity index (χ4n) is 1.35. The normalized spacial score (nSPS) is 11.0. The highest BCUT2D eigenvalue weighted by Gasteiger charge is 2.15. The zero-order chi connectivity index (χ0) is 15.3. The molecule has 4 N–H and O–H groups in total. The van der Waals surface area contributed by atoms with E-state index in [1.165, 1.54) is 11.3 Å². The molecule has 0 spiro atoms. The van der Waals surface area contributed by atoms with Gasteiger partial charge in [-0.25, -0.2) is 4.79 Å². The maximum Gasteiger partial charge on any atom is 0.407 e. The molecular weight excluding hydrogens is 278 g/mol. The van der Waals surface area contributed by atoms with Gasteiger partial charge in [0.1, 0.15) is 5.60 Å². The Morgan fingerprint density at radius 2 is 1.90 bits per heavy atom. The van der Waals surface area contributed by atoms with E-state index in [4.69, 9.17) is 10.5 Å². The molecule has 0 saturated carbocycles. The lowest BCUT2D eigenvalue weighted by Gasteiger charge is -2.19. The summed E-state index contributed by atoms with van der Waals surface area (Å²) in [4.78, 5) is 24.6. The number of thiophene rings is 1. The van der Waals surface area contributed by atoms with Crippen molar-refractivity contribution >= 4 is 29.0 Å². The quantitative estimate of drug-likeness (QED) is 0.740. The number of aryl methyl sites for hydroxylation is 1. The molecule has 1 aromatic rings. The van der Waals surface area contributed by atoms with Gasteiger partial charge in [-0.15, -0.1) is 11.3 Å². The molecule has 1 rings (SSSR count). The number of nitrogen functional groups attached to an aromatic ring is 1. The molecule has 0 aliphatic heterocycles. The van der Waals surface area contributed by atoms with Crippen LogP contribution in [0.15, 0.2) is 6.07 Å². The predicted octanol–water partition coefficient (Wildman–Crippen LogP) is 1.89. The second-order valence-corrected chi connectivity index (χ2v) is 6.56. The lowest BCUT2D eigenvalue weighted by molar-refractivity contribution is 0.0526. The van der Waals surface area contributed by atoms with Crippen LogP contribution < -0.4 is 16.4 Å². The van der Waals surface area contributed by atoms with Gasteiger partial charge in [-0.3, -0.25) is 4.79 Å². The number of carbonyl (C=O) groups excluding carboxylic acids is 2. The van der Waals surface area contributed by atoms with Crippen LogP contribution in [-0.2, 0) is 4.74 Å². The van der Waals surface area contributed by atoms with Gasteiger partial charge >= 0.3 is 6.09 Å². The predicted molar refractivity (Wildman–Crippen MR) is 80.0 cm³/mol. The lowest BCUT2D eigenvalue weighted by Crippen LogP contribution is -2.37. The molecule has 0 aliphatic rings. The minimum Gasteiger partial charge on any atom is -0.444 e. The van der Waals surface area contributed by atoms with Crippen molar-refractivity contribution in [3.05, 3.63) is 15.8 Å². The number of alkyl carbamates (subject to hydrolysis) is 1. The van der Waals surface area contributed by atoms with E-state index in [0.29, 0.717) is 23.7 Å². The molecule has 0 saturated heterocycles. The highest BCUT2D eigenvalue weighted by atomic mass is 32.1. The van der Waals surface area contributed by atoms with Crippen molar-refractivity contribution in [1.29, 1.82) is 0 Å². The second-order valence-electron chi connectivity index (χ2n) is 5.31. The minimum absolute atomic E-state index is 0.194. The summed E-state index contributed by atoms with van der Waals surface area (Å²) in [6.07, 6.45) is -0.497. The zero-order valence-corrected chi connectivity index (χ0v) is 13.0. The van der Waals surface area contributed by atoms with Crippen molar-refractivity contribution in [1.82, 2.24) is 10.6 Å². The first kappa shape index (κ1) is 16.3. The molecule has 0 atom stereocenters. The second kappa shape index (κ2) is 6.60. The number of ether oxygens (including phenoxy) is 1. The Balaban J connectivity index is 2.28. The monoisotopic (exact) mass is 299 g/mol. The average Bonchev–Trinajstić information content (AvgIpc) is 2.63. The van der Waals surface area contributed by atoms with Gasteiger partial charge in [0.05, 0.1) is 4.88 Å². The summed E-state index contributed by atoms with van der Waals surface area (Å²) < 4.78 is 5.07. The molecule has 0 bridgehead atoms. The first-order valence-corrected chi connectivity index (χ1v) is 7.11. The molecule has 0 unspecified atom stereocenters. The van der Waals surface area contributed by atoms with Crippen molar-refractivity contribution in [3.63, 3.8) is 0 Å². The standard InChI is InChI=1S/C13H21N3O3S/c1-8-9(14)7-10(20-8)11(17)15-5-6-16-12(18)19-13(2,3)4/h7H,5-6,14H2,1-4H3,(H,15,17)(H,16,18). The van der Waals surface area contributed by atoms with Crippen molar-refractivity contribution < 1.29 is 14.3 Å². The van der Waals surface area contributed by atoms with Crippen LogP contribution in [0.2, 0.25) is 0 Å². The van der Waals surface area contributed by atoms with E-state index in [2.05, 4.69) is 10.6 Å². The van der Waals surface area contributed by atoms with E-state index in [1.807, 2.05) is 6.92 Å². The molecule has 1 heterocycles. The van der Waals surface area contributed by atoms with Gasteiger partial charge in [0.15, 0.2) is 0 Å². The summed E-state index contributed by atoms with van der Waals surface area (Å²) in [6, 6.07) is 1.65. The van der Waals surface area contributed by atoms with Crippen molar-refractivity contribution in [3.8, 4) is 0 Å². The summed E-state index contributed by atoms with van der Waals surface area (Å²) in [5.74, 6) is -0.194. The highest BCUT2D eigenvalue weighted by Crippen LogP contribution is 2.22. The maximum absolute atomic E-state index is 11.8. The summed E-state index contributed by atoms with van der Waals surface area (Å²) in [6.45, 7) is 7.86. The fourth-order valence-corrected chi connectivity index (χ4v) is 2.21. The molecule has 0 aliphatic carbocycles. The molecule has 20 heavy (non-hydrogen) atoms. The molecule has 0 radical (unpaired) electrons. The summed E-state index contributed by atoms with van der Waals surface area (Å²) in [7, 11) is 0. The third-order valence-corrected chi connectivity index (χ3v) is 3.32. The van der Waals surface area contributed by atoms with E-state index in [-0.39, 0.29) is 5.91 Å². The van der Waals surface area contributed by atoms with E-state index in [0.717, 1.165) is 4.88 Å². The van der Waals surface area contributed by atoms with Gasteiger partial charge in [0.2, 0.25) is 0 Å². The highest BCUT2D eigenvalue weighted by molar-refractivity contribution is 7.14. The number of anilines is 1. The number of hydrogen-bond donors (Lipinski definition) is 3. The van der Waals surface area contributed by atoms with Crippen LogP contribution in [0.25, 0.3) is 0 Å². The number of rotatable bonds is 4. The number of nitrogens with one attached hydrogen (secondary N) is 2. The Morgan fingerprint density at radius 1 is 1.30 bits per heavy atom. The lowest BCUT2D eigenvalue weighted by atomic mass is 10.2. The van der Waals surface area contributed by atoms with E-state index in [9.17, 15) is 9.59 Å². The van der Waals surface area contributed by atoms with Crippen LogP contribution in [0.5, 0.6) is 0 Å². The van der Waals surface area contributed by atoms with Gasteiger partial charge < -0.3 is 21.1 Å². The summed E-state index contributed by atoms with van der Waals surface area (Å²) in [5.41, 5.74) is 5.78. The van der Waals surface area contributed by atoms with Crippen LogP contribution in [0.3, 0.4) is 0 Å². The first-order chi connectivity index (χ1) is 9.19. The van der Waals surface area contributed by atoms with Crippen LogP contribution in [0.1, 0.15) is 35.3 Å². The number of nitrogens with two attached hydrogens (primary N) is 1. The maximum atomic E-state index is 11.8. The SMILES string of the molecule is Cc1sc(C(=O)NCCNC(=O)OC(C)(C)C)cc1N. The van der Waals surface area contributed by atoms with E-state index < -0.39 is 11.7 Å². The van der Waals surface area contributed by atoms with Crippen molar-refractivity contribution in [2.45, 2.75) is 33.3 Å². The molecule has 7 heteroatoms. The Kier molecular flexibility index (Phi) is 5.38. The van der Waals surface area contributed by atoms with Gasteiger partial charge in [-0.1, -0.05) is 0 Å². The van der Waals surface area contributed by atoms with Crippen LogP contribution in [0, 0.1) is 6.92 Å². The number of amides is 2. The van der Waals surface area contributed by atoms with Crippen LogP contribution in [-0.4, -0.2) is 30.7 Å². The number of carbonyl (C=O) groups is 2. The van der Waals surface area contributed by atoms with E-state index in [1.54, 1.807) is 26.8 Å². The molecule has 0 fully saturated rings. The van der Waals surface area contributed by atoms with Gasteiger partial charge in [-0.2, -0.15) is 0 Å². The van der Waals surface area contributed by atoms with Gasteiger partial charge in [0.25, 0.3) is 5.91 Å². The molecule has 2 amide bonds. The Bertz CT molecular complexity index is 472. The third-order valence-electron chi connectivity index (χ3n) is 2.26. The summed E-state index contributed by atoms with van der Waals surface area (Å²) in [5, 5.41) is 5.27. The topological polar surface area (TPSA) is 93.5 Å². The Morgan fingerprint density at radius 3 is 2.40 bits per heavy atom. The Labute approximate surface area is 122 Å². The first-order valence-electron chi connectivity index (χ1n) is 6.30. The van der Waals surface area contributed by atoms with Crippen molar-refractivity contribution in [2.24, 2.45) is 0 Å². The minimum atomic E-state index is -0.528. The van der Waals surface area contributed by atoms with Gasteiger partial charge in [0, 0.05) is 23.7 Å². The fraction of sp³-hybridized carbons (Fsp3) is 0.538. The van der Waals surface area contributed by atoms with Crippen molar-refractivity contribution in [2.75, 3.05) is 18.8 Å². The summed E-state index contributed by atoms with van der Waals surface area (Å²) >= 11 is 1.35. The Hall–Kier alpha value is -1.76. The molecule has 1 aromatic heterocycles. The van der Waals surface area contributed by atoms with Crippen LogP contribution >= 0.6 is 11.3 Å². The smallest absolute Gasteiger partial charge is 0.407 e. The largest absolute Gasteiger partial charge is 0.444 e. The van der Waals surface area contributed by atoms with Crippen LogP contribution in [0.4, 0.5) is 10.5 Å². The average molecular weight is 299 g/mol. The zero-order valence-electron chi connectivity index (χ0n) is 12.2. The third kappa shape index (κ3) is 5.48. The molecule has 0 aromatic carbocycles. The molecule has 6 nitrogen and oxygen atoms in total. The number of hydrogen-bond acceptors (Lipinski definition) is 5.